The third-order valence-electron chi connectivity index (χ3n) is 3.87. The Balaban J connectivity index is 1.60. The molecule has 8 heteroatoms. The fraction of sp³-hybridized carbons (Fsp3) is 0.211. The molecular formula is C19H19N3O4S. The SMILES string of the molecule is C[C@@H](NC(=O)CS(=O)(=O)Cc1nc(-c2ccccc2)no1)c1ccccc1. The molecule has 0 spiro atoms. The second-order valence-electron chi connectivity index (χ2n) is 6.11. The Labute approximate surface area is 157 Å². The maximum absolute atomic E-state index is 12.3. The quantitative estimate of drug-likeness (QED) is 0.670. The van der Waals surface area contributed by atoms with E-state index in [0.29, 0.717) is 5.82 Å². The van der Waals surface area contributed by atoms with E-state index < -0.39 is 27.3 Å². The average Bonchev–Trinajstić information content (AvgIpc) is 3.10. The zero-order chi connectivity index (χ0) is 19.3. The van der Waals surface area contributed by atoms with E-state index in [1.165, 1.54) is 0 Å². The second kappa shape index (κ2) is 8.13. The minimum Gasteiger partial charge on any atom is -0.349 e. The molecule has 0 aliphatic carbocycles. The van der Waals surface area contributed by atoms with Crippen molar-refractivity contribution in [1.82, 2.24) is 15.5 Å². The number of hydrogen-bond donors (Lipinski definition) is 1. The Bertz CT molecular complexity index is 1000. The molecule has 0 fully saturated rings. The van der Waals surface area contributed by atoms with E-state index in [9.17, 15) is 13.2 Å². The topological polar surface area (TPSA) is 102 Å². The predicted molar refractivity (Wildman–Crippen MR) is 100 cm³/mol. The summed E-state index contributed by atoms with van der Waals surface area (Å²) in [6.45, 7) is 1.80. The zero-order valence-corrected chi connectivity index (χ0v) is 15.5. The van der Waals surface area contributed by atoms with Gasteiger partial charge in [-0.15, -0.1) is 0 Å². The van der Waals surface area contributed by atoms with Gasteiger partial charge in [-0.1, -0.05) is 65.8 Å². The van der Waals surface area contributed by atoms with E-state index in [4.69, 9.17) is 4.52 Å². The van der Waals surface area contributed by atoms with Crippen LogP contribution in [0.3, 0.4) is 0 Å². The third kappa shape index (κ3) is 5.24. The number of carbonyl (C=O) groups excluding carboxylic acids is 1. The smallest absolute Gasteiger partial charge is 0.242 e. The van der Waals surface area contributed by atoms with Crippen LogP contribution in [0.2, 0.25) is 0 Å². The first kappa shape index (κ1) is 18.8. The number of hydrogen-bond acceptors (Lipinski definition) is 6. The van der Waals surface area contributed by atoms with Crippen LogP contribution in [0.1, 0.15) is 24.4 Å². The van der Waals surface area contributed by atoms with Gasteiger partial charge in [-0.25, -0.2) is 8.42 Å². The third-order valence-corrected chi connectivity index (χ3v) is 5.26. The lowest BCUT2D eigenvalue weighted by Gasteiger charge is -2.14. The summed E-state index contributed by atoms with van der Waals surface area (Å²) in [6, 6.07) is 18.1. The number of amides is 1. The van der Waals surface area contributed by atoms with Crippen LogP contribution in [0.5, 0.6) is 0 Å². The molecule has 0 saturated heterocycles. The van der Waals surface area contributed by atoms with Crippen LogP contribution in [0.4, 0.5) is 0 Å². The molecule has 140 valence electrons. The molecule has 3 aromatic rings. The van der Waals surface area contributed by atoms with Crippen molar-refractivity contribution >= 4 is 15.7 Å². The van der Waals surface area contributed by atoms with Crippen molar-refractivity contribution in [2.24, 2.45) is 0 Å². The molecule has 0 radical (unpaired) electrons. The molecule has 0 aliphatic heterocycles. The Hall–Kier alpha value is -3.00. The number of sulfone groups is 1. The van der Waals surface area contributed by atoms with Gasteiger partial charge in [0.05, 0.1) is 6.04 Å². The van der Waals surface area contributed by atoms with Crippen molar-refractivity contribution in [1.29, 1.82) is 0 Å². The lowest BCUT2D eigenvalue weighted by molar-refractivity contribution is -0.119. The first-order valence-electron chi connectivity index (χ1n) is 8.36. The molecule has 1 aromatic heterocycles. The molecule has 7 nitrogen and oxygen atoms in total. The van der Waals surface area contributed by atoms with Crippen molar-refractivity contribution in [3.63, 3.8) is 0 Å². The number of nitrogens with one attached hydrogen (secondary N) is 1. The highest BCUT2D eigenvalue weighted by Gasteiger charge is 2.22. The van der Waals surface area contributed by atoms with Crippen molar-refractivity contribution < 1.29 is 17.7 Å². The Morgan fingerprint density at radius 2 is 1.70 bits per heavy atom. The zero-order valence-electron chi connectivity index (χ0n) is 14.7. The summed E-state index contributed by atoms with van der Waals surface area (Å²) in [6.07, 6.45) is 0. The summed E-state index contributed by atoms with van der Waals surface area (Å²) in [7, 11) is -3.74. The van der Waals surface area contributed by atoms with Gasteiger partial charge in [-0.05, 0) is 12.5 Å². The van der Waals surface area contributed by atoms with Crippen LogP contribution >= 0.6 is 0 Å². The molecule has 0 aliphatic rings. The summed E-state index contributed by atoms with van der Waals surface area (Å²) in [5.41, 5.74) is 1.62. The fourth-order valence-corrected chi connectivity index (χ4v) is 3.64. The molecule has 0 unspecified atom stereocenters. The van der Waals surface area contributed by atoms with Crippen LogP contribution in [0.15, 0.2) is 65.2 Å². The monoisotopic (exact) mass is 385 g/mol. The normalized spacial score (nSPS) is 12.5. The van der Waals surface area contributed by atoms with Crippen LogP contribution < -0.4 is 5.32 Å². The van der Waals surface area contributed by atoms with E-state index >= 15 is 0 Å². The molecule has 2 aromatic carbocycles. The predicted octanol–water partition coefficient (Wildman–Crippen LogP) is 2.53. The molecule has 1 N–H and O–H groups in total. The minimum absolute atomic E-state index is 0.0437. The van der Waals surface area contributed by atoms with Gasteiger partial charge in [0.15, 0.2) is 9.84 Å². The molecule has 3 rings (SSSR count). The highest BCUT2D eigenvalue weighted by molar-refractivity contribution is 7.91. The largest absolute Gasteiger partial charge is 0.349 e. The fourth-order valence-electron chi connectivity index (χ4n) is 2.57. The molecular weight excluding hydrogens is 366 g/mol. The van der Waals surface area contributed by atoms with Gasteiger partial charge in [-0.3, -0.25) is 4.79 Å². The lowest BCUT2D eigenvalue weighted by Crippen LogP contribution is -2.32. The standard InChI is InChI=1S/C19H19N3O4S/c1-14(15-8-4-2-5-9-15)20-17(23)12-27(24,25)13-18-21-19(22-26-18)16-10-6-3-7-11-16/h2-11,14H,12-13H2,1H3,(H,20,23)/t14-/m1/s1. The van der Waals surface area contributed by atoms with Gasteiger partial charge in [0, 0.05) is 5.56 Å². The van der Waals surface area contributed by atoms with Gasteiger partial charge in [0.1, 0.15) is 11.5 Å². The summed E-state index contributed by atoms with van der Waals surface area (Å²) >= 11 is 0. The average molecular weight is 385 g/mol. The first-order chi connectivity index (χ1) is 12.9. The molecule has 1 heterocycles. The summed E-state index contributed by atoms with van der Waals surface area (Å²) < 4.78 is 29.6. The molecule has 1 atom stereocenters. The first-order valence-corrected chi connectivity index (χ1v) is 10.2. The van der Waals surface area contributed by atoms with E-state index in [-0.39, 0.29) is 11.9 Å². The highest BCUT2D eigenvalue weighted by atomic mass is 32.2. The second-order valence-corrected chi connectivity index (χ2v) is 8.17. The Morgan fingerprint density at radius 1 is 1.07 bits per heavy atom. The number of rotatable bonds is 7. The lowest BCUT2D eigenvalue weighted by atomic mass is 10.1. The maximum Gasteiger partial charge on any atom is 0.242 e. The van der Waals surface area contributed by atoms with Gasteiger partial charge < -0.3 is 9.84 Å². The minimum atomic E-state index is -3.74. The number of aromatic nitrogens is 2. The van der Waals surface area contributed by atoms with E-state index in [2.05, 4.69) is 15.5 Å². The van der Waals surface area contributed by atoms with E-state index in [1.807, 2.05) is 48.5 Å². The molecule has 0 bridgehead atoms. The molecule has 27 heavy (non-hydrogen) atoms. The molecule has 1 amide bonds. The van der Waals surface area contributed by atoms with Crippen LogP contribution in [-0.2, 0) is 20.4 Å². The number of nitrogens with zero attached hydrogens (tertiary/aromatic N) is 2. The van der Waals surface area contributed by atoms with Crippen LogP contribution in [0, 0.1) is 0 Å². The molecule has 0 saturated carbocycles. The Morgan fingerprint density at radius 3 is 2.37 bits per heavy atom. The van der Waals surface area contributed by atoms with Crippen molar-refractivity contribution in [3.8, 4) is 11.4 Å². The summed E-state index contributed by atoms with van der Waals surface area (Å²) in [5.74, 6) is -1.44. The highest BCUT2D eigenvalue weighted by Crippen LogP contribution is 2.16. The van der Waals surface area contributed by atoms with Gasteiger partial charge in [0.2, 0.25) is 17.6 Å². The Kier molecular flexibility index (Phi) is 5.66. The van der Waals surface area contributed by atoms with Gasteiger partial charge in [0.25, 0.3) is 0 Å². The van der Waals surface area contributed by atoms with Gasteiger partial charge >= 0.3 is 0 Å². The van der Waals surface area contributed by atoms with Crippen molar-refractivity contribution in [2.45, 2.75) is 18.7 Å². The number of carbonyl (C=O) groups is 1. The van der Waals surface area contributed by atoms with Crippen molar-refractivity contribution in [2.75, 3.05) is 5.75 Å². The van der Waals surface area contributed by atoms with Gasteiger partial charge in [-0.2, -0.15) is 4.98 Å². The maximum atomic E-state index is 12.3. The summed E-state index contributed by atoms with van der Waals surface area (Å²) in [4.78, 5) is 16.2. The van der Waals surface area contributed by atoms with Crippen molar-refractivity contribution in [3.05, 3.63) is 72.1 Å². The van der Waals surface area contributed by atoms with E-state index in [0.717, 1.165) is 11.1 Å². The van der Waals surface area contributed by atoms with Crippen LogP contribution in [0.25, 0.3) is 11.4 Å². The number of benzene rings is 2. The van der Waals surface area contributed by atoms with E-state index in [1.54, 1.807) is 19.1 Å². The summed E-state index contributed by atoms with van der Waals surface area (Å²) in [5, 5.41) is 6.47. The van der Waals surface area contributed by atoms with Crippen LogP contribution in [-0.4, -0.2) is 30.2 Å².